The Labute approximate surface area is 98.4 Å². The van der Waals surface area contributed by atoms with Crippen LogP contribution in [0.2, 0.25) is 0 Å². The number of nitrogens with zero attached hydrogens (tertiary/aromatic N) is 1. The van der Waals surface area contributed by atoms with Gasteiger partial charge in [0.1, 0.15) is 0 Å². The van der Waals surface area contributed by atoms with Crippen LogP contribution in [0.5, 0.6) is 0 Å². The maximum absolute atomic E-state index is 5.85. The molecule has 2 N–H and O–H groups in total. The first-order valence-electron chi connectivity index (χ1n) is 6.27. The van der Waals surface area contributed by atoms with Crippen LogP contribution in [-0.4, -0.2) is 13.1 Å². The summed E-state index contributed by atoms with van der Waals surface area (Å²) < 4.78 is 0. The number of hydrogen-bond donors (Lipinski definition) is 1. The van der Waals surface area contributed by atoms with E-state index in [1.54, 1.807) is 0 Å². The quantitative estimate of drug-likeness (QED) is 0.827. The van der Waals surface area contributed by atoms with Crippen molar-refractivity contribution >= 4 is 5.69 Å². The van der Waals surface area contributed by atoms with Gasteiger partial charge in [-0.05, 0) is 43.4 Å². The van der Waals surface area contributed by atoms with Crippen LogP contribution < -0.4 is 10.6 Å². The third-order valence-electron chi connectivity index (χ3n) is 3.44. The van der Waals surface area contributed by atoms with E-state index in [0.29, 0.717) is 0 Å². The smallest absolute Gasteiger partial charge is 0.0366 e. The zero-order valence-electron chi connectivity index (χ0n) is 10.3. The molecule has 1 aromatic carbocycles. The summed E-state index contributed by atoms with van der Waals surface area (Å²) in [5.41, 5.74) is 8.41. The summed E-state index contributed by atoms with van der Waals surface area (Å²) in [7, 11) is 0. The lowest BCUT2D eigenvalue weighted by Gasteiger charge is -2.33. The van der Waals surface area contributed by atoms with Crippen LogP contribution in [0.15, 0.2) is 24.3 Å². The van der Waals surface area contributed by atoms with Crippen molar-refractivity contribution in [3.8, 4) is 0 Å². The highest BCUT2D eigenvalue weighted by molar-refractivity contribution is 5.48. The first-order chi connectivity index (χ1) is 7.66. The molecule has 2 nitrogen and oxygen atoms in total. The highest BCUT2D eigenvalue weighted by atomic mass is 15.1. The van der Waals surface area contributed by atoms with Crippen molar-refractivity contribution in [3.05, 3.63) is 29.8 Å². The molecule has 1 aromatic rings. The maximum Gasteiger partial charge on any atom is 0.0366 e. The Morgan fingerprint density at radius 3 is 2.56 bits per heavy atom. The van der Waals surface area contributed by atoms with Gasteiger partial charge in [0, 0.05) is 24.8 Å². The fourth-order valence-corrected chi connectivity index (χ4v) is 2.41. The largest absolute Gasteiger partial charge is 0.371 e. The summed E-state index contributed by atoms with van der Waals surface area (Å²) >= 11 is 0. The normalized spacial score (nSPS) is 23.2. The number of benzene rings is 1. The van der Waals surface area contributed by atoms with E-state index < -0.39 is 0 Å². The van der Waals surface area contributed by atoms with Crippen LogP contribution in [-0.2, 0) is 0 Å². The molecule has 2 atom stereocenters. The van der Waals surface area contributed by atoms with Crippen molar-refractivity contribution in [2.45, 2.75) is 32.7 Å². The van der Waals surface area contributed by atoms with Crippen LogP contribution in [0.25, 0.3) is 0 Å². The second kappa shape index (κ2) is 4.88. The number of nitrogens with two attached hydrogens (primary N) is 1. The van der Waals surface area contributed by atoms with Crippen LogP contribution in [0.1, 0.15) is 38.3 Å². The molecule has 0 saturated carbocycles. The minimum atomic E-state index is 0.134. The van der Waals surface area contributed by atoms with Crippen molar-refractivity contribution < 1.29 is 0 Å². The van der Waals surface area contributed by atoms with Crippen molar-refractivity contribution in [1.82, 2.24) is 0 Å². The van der Waals surface area contributed by atoms with Crippen molar-refractivity contribution in [2.24, 2.45) is 11.7 Å². The average Bonchev–Trinajstić information content (AvgIpc) is 2.29. The third kappa shape index (κ3) is 2.56. The molecule has 1 aliphatic rings. The van der Waals surface area contributed by atoms with E-state index in [2.05, 4.69) is 36.1 Å². The Kier molecular flexibility index (Phi) is 3.49. The molecule has 0 aromatic heterocycles. The van der Waals surface area contributed by atoms with Gasteiger partial charge in [-0.15, -0.1) is 0 Å². The van der Waals surface area contributed by atoms with Gasteiger partial charge in [-0.25, -0.2) is 0 Å². The predicted molar refractivity (Wildman–Crippen MR) is 69.7 cm³/mol. The summed E-state index contributed by atoms with van der Waals surface area (Å²) in [6.45, 7) is 6.75. The molecule has 0 spiro atoms. The number of piperidine rings is 1. The minimum Gasteiger partial charge on any atom is -0.371 e. The lowest BCUT2D eigenvalue weighted by Crippen LogP contribution is -2.34. The number of rotatable bonds is 2. The molecule has 2 unspecified atom stereocenters. The molecule has 1 saturated heterocycles. The van der Waals surface area contributed by atoms with Gasteiger partial charge in [-0.1, -0.05) is 19.1 Å². The molecule has 2 rings (SSSR count). The molecule has 1 aliphatic heterocycles. The van der Waals surface area contributed by atoms with Gasteiger partial charge in [-0.3, -0.25) is 0 Å². The molecular weight excluding hydrogens is 196 g/mol. The first kappa shape index (κ1) is 11.5. The number of hydrogen-bond acceptors (Lipinski definition) is 2. The molecule has 0 bridgehead atoms. The van der Waals surface area contributed by atoms with Crippen LogP contribution in [0, 0.1) is 5.92 Å². The topological polar surface area (TPSA) is 29.3 Å². The van der Waals surface area contributed by atoms with E-state index >= 15 is 0 Å². The van der Waals surface area contributed by atoms with Crippen LogP contribution in [0.4, 0.5) is 5.69 Å². The molecular formula is C14H22N2. The van der Waals surface area contributed by atoms with E-state index in [9.17, 15) is 0 Å². The van der Waals surface area contributed by atoms with Gasteiger partial charge >= 0.3 is 0 Å². The van der Waals surface area contributed by atoms with Gasteiger partial charge in [0.05, 0.1) is 0 Å². The Hall–Kier alpha value is -1.02. The van der Waals surface area contributed by atoms with Gasteiger partial charge in [0.25, 0.3) is 0 Å². The summed E-state index contributed by atoms with van der Waals surface area (Å²) in [5.74, 6) is 0.821. The molecule has 88 valence electrons. The Balaban J connectivity index is 2.09. The lowest BCUT2D eigenvalue weighted by molar-refractivity contribution is 0.447. The zero-order valence-corrected chi connectivity index (χ0v) is 10.3. The molecule has 0 radical (unpaired) electrons. The van der Waals surface area contributed by atoms with E-state index in [4.69, 9.17) is 5.73 Å². The predicted octanol–water partition coefficient (Wildman–Crippen LogP) is 2.94. The second-order valence-electron chi connectivity index (χ2n) is 5.07. The number of anilines is 1. The van der Waals surface area contributed by atoms with Gasteiger partial charge in [-0.2, -0.15) is 0 Å². The molecule has 0 amide bonds. The van der Waals surface area contributed by atoms with Crippen LogP contribution in [0.3, 0.4) is 0 Å². The van der Waals surface area contributed by atoms with Gasteiger partial charge in [0.2, 0.25) is 0 Å². The highest BCUT2D eigenvalue weighted by Gasteiger charge is 2.16. The Morgan fingerprint density at radius 2 is 2.00 bits per heavy atom. The highest BCUT2D eigenvalue weighted by Crippen LogP contribution is 2.24. The fourth-order valence-electron chi connectivity index (χ4n) is 2.41. The summed E-state index contributed by atoms with van der Waals surface area (Å²) in [5, 5.41) is 0. The second-order valence-corrected chi connectivity index (χ2v) is 5.07. The van der Waals surface area contributed by atoms with E-state index in [1.807, 2.05) is 6.92 Å². The van der Waals surface area contributed by atoms with Crippen LogP contribution >= 0.6 is 0 Å². The average molecular weight is 218 g/mol. The summed E-state index contributed by atoms with van der Waals surface area (Å²) in [6.07, 6.45) is 2.69. The first-order valence-corrected chi connectivity index (χ1v) is 6.27. The summed E-state index contributed by atoms with van der Waals surface area (Å²) in [6, 6.07) is 8.85. The fraction of sp³-hybridized carbons (Fsp3) is 0.571. The molecule has 0 aliphatic carbocycles. The standard InChI is InChI=1S/C14H22N2/c1-11-4-3-9-16(10-11)14-7-5-13(6-8-14)12(2)15/h5-8,11-12H,3-4,9-10,15H2,1-2H3. The maximum atomic E-state index is 5.85. The van der Waals surface area contributed by atoms with E-state index in [1.165, 1.54) is 37.2 Å². The Bertz CT molecular complexity index is 329. The van der Waals surface area contributed by atoms with Crippen molar-refractivity contribution in [3.63, 3.8) is 0 Å². The van der Waals surface area contributed by atoms with Gasteiger partial charge in [0.15, 0.2) is 0 Å². The van der Waals surface area contributed by atoms with Crippen molar-refractivity contribution in [1.29, 1.82) is 0 Å². The Morgan fingerprint density at radius 1 is 1.31 bits per heavy atom. The summed E-state index contributed by atoms with van der Waals surface area (Å²) in [4.78, 5) is 2.49. The zero-order chi connectivity index (χ0) is 11.5. The van der Waals surface area contributed by atoms with Gasteiger partial charge < -0.3 is 10.6 Å². The third-order valence-corrected chi connectivity index (χ3v) is 3.44. The molecule has 2 heteroatoms. The van der Waals surface area contributed by atoms with E-state index in [0.717, 1.165) is 5.92 Å². The van der Waals surface area contributed by atoms with E-state index in [-0.39, 0.29) is 6.04 Å². The SMILES string of the molecule is CC1CCCN(c2ccc(C(C)N)cc2)C1. The van der Waals surface area contributed by atoms with Crippen molar-refractivity contribution in [2.75, 3.05) is 18.0 Å². The monoisotopic (exact) mass is 218 g/mol. The lowest BCUT2D eigenvalue weighted by atomic mass is 9.99. The molecule has 1 heterocycles. The molecule has 1 fully saturated rings. The minimum absolute atomic E-state index is 0.134. The molecule has 16 heavy (non-hydrogen) atoms.